The maximum atomic E-state index is 13.2. The van der Waals surface area contributed by atoms with Crippen LogP contribution in [0.15, 0.2) is 29.6 Å². The minimum Gasteiger partial charge on any atom is -0.319 e. The zero-order chi connectivity index (χ0) is 13.6. The Hall–Kier alpha value is -1.21. The van der Waals surface area contributed by atoms with Gasteiger partial charge in [0.25, 0.3) is 0 Å². The second-order valence-electron chi connectivity index (χ2n) is 3.79. The fourth-order valence-electron chi connectivity index (χ4n) is 1.61. The molecule has 1 nitrogen and oxygen atoms in total. The maximum absolute atomic E-state index is 13.2. The lowest BCUT2D eigenvalue weighted by atomic mass is 10.0. The summed E-state index contributed by atoms with van der Waals surface area (Å²) in [5.41, 5.74) is 4.92. The standard InChI is InChI=1S/C11H8F5NS/c12-10(13,11(14,15)16)9(17)7-5-18-8-4-2-1-3-6(7)8/h1-5,9H,17H2/t9-/m1/s1. The van der Waals surface area contributed by atoms with Crippen LogP contribution in [0.1, 0.15) is 11.6 Å². The SMILES string of the molecule is N[C@H](c1csc2ccccc12)C(F)(F)C(F)(F)F. The zero-order valence-electron chi connectivity index (χ0n) is 8.84. The van der Waals surface area contributed by atoms with Gasteiger partial charge in [-0.3, -0.25) is 0 Å². The van der Waals surface area contributed by atoms with E-state index in [0.717, 1.165) is 11.3 Å². The van der Waals surface area contributed by atoms with Gasteiger partial charge < -0.3 is 5.73 Å². The molecule has 0 spiro atoms. The molecule has 0 aliphatic rings. The minimum absolute atomic E-state index is 0.182. The Morgan fingerprint density at radius 3 is 2.28 bits per heavy atom. The minimum atomic E-state index is -5.66. The molecule has 0 unspecified atom stereocenters. The van der Waals surface area contributed by atoms with Crippen LogP contribution in [-0.2, 0) is 0 Å². The first-order valence-electron chi connectivity index (χ1n) is 4.91. The highest BCUT2D eigenvalue weighted by atomic mass is 32.1. The number of benzene rings is 1. The van der Waals surface area contributed by atoms with Gasteiger partial charge >= 0.3 is 12.1 Å². The Bertz CT molecular complexity index is 560. The van der Waals surface area contributed by atoms with Gasteiger partial charge in [-0.2, -0.15) is 22.0 Å². The van der Waals surface area contributed by atoms with Crippen LogP contribution in [-0.4, -0.2) is 12.1 Å². The summed E-state index contributed by atoms with van der Waals surface area (Å²) < 4.78 is 63.7. The van der Waals surface area contributed by atoms with Gasteiger partial charge in [0, 0.05) is 4.70 Å². The first-order valence-corrected chi connectivity index (χ1v) is 5.79. The molecule has 0 saturated heterocycles. The summed E-state index contributed by atoms with van der Waals surface area (Å²) in [4.78, 5) is 0. The average molecular weight is 281 g/mol. The van der Waals surface area contributed by atoms with Crippen LogP contribution in [0.25, 0.3) is 10.1 Å². The molecule has 0 saturated carbocycles. The first-order chi connectivity index (χ1) is 8.25. The molecule has 7 heteroatoms. The Morgan fingerprint density at radius 2 is 1.67 bits per heavy atom. The molecule has 0 radical (unpaired) electrons. The van der Waals surface area contributed by atoms with Crippen LogP contribution in [0.2, 0.25) is 0 Å². The number of thiophene rings is 1. The van der Waals surface area contributed by atoms with E-state index in [-0.39, 0.29) is 5.56 Å². The Kier molecular flexibility index (Phi) is 3.06. The molecule has 98 valence electrons. The van der Waals surface area contributed by atoms with Crippen molar-refractivity contribution in [3.05, 3.63) is 35.2 Å². The highest BCUT2D eigenvalue weighted by Crippen LogP contribution is 2.45. The number of nitrogens with two attached hydrogens (primary N) is 1. The van der Waals surface area contributed by atoms with Crippen molar-refractivity contribution in [1.82, 2.24) is 0 Å². The van der Waals surface area contributed by atoms with E-state index in [4.69, 9.17) is 5.73 Å². The summed E-state index contributed by atoms with van der Waals surface area (Å²) in [6.45, 7) is 0. The topological polar surface area (TPSA) is 26.0 Å². The molecule has 2 aromatic rings. The van der Waals surface area contributed by atoms with E-state index < -0.39 is 18.1 Å². The highest BCUT2D eigenvalue weighted by Gasteiger charge is 2.62. The van der Waals surface area contributed by atoms with Crippen molar-refractivity contribution in [3.63, 3.8) is 0 Å². The number of rotatable bonds is 2. The van der Waals surface area contributed by atoms with Crippen LogP contribution in [0, 0.1) is 0 Å². The molecule has 1 aromatic heterocycles. The Labute approximate surface area is 103 Å². The number of alkyl halides is 5. The van der Waals surface area contributed by atoms with E-state index in [1.165, 1.54) is 11.4 Å². The predicted molar refractivity (Wildman–Crippen MR) is 59.8 cm³/mol. The summed E-state index contributed by atoms with van der Waals surface area (Å²) in [7, 11) is 0. The van der Waals surface area contributed by atoms with Crippen LogP contribution in [0.4, 0.5) is 22.0 Å². The predicted octanol–water partition coefficient (Wildman–Crippen LogP) is 4.10. The van der Waals surface area contributed by atoms with E-state index in [1.807, 2.05) is 0 Å². The maximum Gasteiger partial charge on any atom is 0.455 e. The van der Waals surface area contributed by atoms with Crippen molar-refractivity contribution in [1.29, 1.82) is 0 Å². The first kappa shape index (κ1) is 13.2. The summed E-state index contributed by atoms with van der Waals surface area (Å²) in [6.07, 6.45) is -5.66. The lowest BCUT2D eigenvalue weighted by Gasteiger charge is -2.25. The summed E-state index contributed by atoms with van der Waals surface area (Å²) >= 11 is 1.09. The molecule has 2 rings (SSSR count). The second-order valence-corrected chi connectivity index (χ2v) is 4.70. The lowest BCUT2D eigenvalue weighted by molar-refractivity contribution is -0.290. The van der Waals surface area contributed by atoms with Gasteiger partial charge in [-0.25, -0.2) is 0 Å². The van der Waals surface area contributed by atoms with Crippen LogP contribution >= 0.6 is 11.3 Å². The van der Waals surface area contributed by atoms with Crippen molar-refractivity contribution in [2.24, 2.45) is 5.73 Å². The monoisotopic (exact) mass is 281 g/mol. The zero-order valence-corrected chi connectivity index (χ0v) is 9.66. The molecule has 1 aromatic carbocycles. The third kappa shape index (κ3) is 1.97. The van der Waals surface area contributed by atoms with Gasteiger partial charge in [-0.15, -0.1) is 11.3 Å². The number of fused-ring (bicyclic) bond motifs is 1. The highest BCUT2D eigenvalue weighted by molar-refractivity contribution is 7.17. The largest absolute Gasteiger partial charge is 0.455 e. The van der Waals surface area contributed by atoms with Gasteiger partial charge in [-0.1, -0.05) is 18.2 Å². The molecular formula is C11H8F5NS. The molecule has 1 heterocycles. The third-order valence-corrected chi connectivity index (χ3v) is 3.60. The van der Waals surface area contributed by atoms with Crippen LogP contribution in [0.5, 0.6) is 0 Å². The van der Waals surface area contributed by atoms with Gasteiger partial charge in [-0.05, 0) is 22.4 Å². The fourth-order valence-corrected chi connectivity index (χ4v) is 2.61. The summed E-state index contributed by atoms with van der Waals surface area (Å²) in [5.74, 6) is -4.95. The molecule has 0 amide bonds. The molecule has 18 heavy (non-hydrogen) atoms. The summed E-state index contributed by atoms with van der Waals surface area (Å²) in [5, 5.41) is 1.58. The lowest BCUT2D eigenvalue weighted by Crippen LogP contribution is -2.45. The van der Waals surface area contributed by atoms with E-state index in [1.54, 1.807) is 18.2 Å². The number of hydrogen-bond donors (Lipinski definition) is 1. The molecule has 0 fully saturated rings. The van der Waals surface area contributed by atoms with Crippen molar-refractivity contribution >= 4 is 21.4 Å². The third-order valence-electron chi connectivity index (χ3n) is 2.61. The number of hydrogen-bond acceptors (Lipinski definition) is 2. The molecule has 0 aliphatic heterocycles. The Morgan fingerprint density at radius 1 is 1.06 bits per heavy atom. The Balaban J connectivity index is 2.49. The molecule has 1 atom stereocenters. The molecular weight excluding hydrogens is 273 g/mol. The molecule has 2 N–H and O–H groups in total. The van der Waals surface area contributed by atoms with Gasteiger partial charge in [0.1, 0.15) is 6.04 Å². The van der Waals surface area contributed by atoms with E-state index in [2.05, 4.69) is 0 Å². The molecule has 0 bridgehead atoms. The van der Waals surface area contributed by atoms with Crippen LogP contribution < -0.4 is 5.73 Å². The quantitative estimate of drug-likeness (QED) is 0.824. The van der Waals surface area contributed by atoms with Crippen molar-refractivity contribution in [3.8, 4) is 0 Å². The number of halogens is 5. The van der Waals surface area contributed by atoms with Crippen molar-refractivity contribution in [2.75, 3.05) is 0 Å². The van der Waals surface area contributed by atoms with E-state index >= 15 is 0 Å². The van der Waals surface area contributed by atoms with Crippen LogP contribution in [0.3, 0.4) is 0 Å². The van der Waals surface area contributed by atoms with E-state index in [0.29, 0.717) is 10.1 Å². The average Bonchev–Trinajstić information content (AvgIpc) is 2.70. The second kappa shape index (κ2) is 4.17. The van der Waals surface area contributed by atoms with Gasteiger partial charge in [0.2, 0.25) is 0 Å². The molecule has 0 aliphatic carbocycles. The van der Waals surface area contributed by atoms with Gasteiger partial charge in [0.15, 0.2) is 0 Å². The fraction of sp³-hybridized carbons (Fsp3) is 0.273. The van der Waals surface area contributed by atoms with E-state index in [9.17, 15) is 22.0 Å². The van der Waals surface area contributed by atoms with Crippen molar-refractivity contribution < 1.29 is 22.0 Å². The smallest absolute Gasteiger partial charge is 0.319 e. The normalized spacial score (nSPS) is 15.0. The van der Waals surface area contributed by atoms with Gasteiger partial charge in [0.05, 0.1) is 0 Å². The summed E-state index contributed by atoms with van der Waals surface area (Å²) in [6, 6.07) is 3.97. The van der Waals surface area contributed by atoms with Crippen molar-refractivity contribution in [2.45, 2.75) is 18.1 Å².